The molecule has 0 atom stereocenters. The summed E-state index contributed by atoms with van der Waals surface area (Å²) in [7, 11) is 0. The SMILES string of the molecule is CCCCCCN=C(N)NC(N)=NCCCCCCN=C(N)NC(N)=NCCCCCCN=C(N)NC(N)=NCCCCCCN=C(N)N=C(N)N. The van der Waals surface area contributed by atoms with Gasteiger partial charge in [0.25, 0.3) is 0 Å². The van der Waals surface area contributed by atoms with E-state index in [0.29, 0.717) is 57.7 Å². The molecule has 0 unspecified atom stereocenters. The van der Waals surface area contributed by atoms with E-state index in [1.54, 1.807) is 0 Å². The number of unbranched alkanes of at least 4 members (excludes halogenated alkanes) is 12. The fourth-order valence-electron chi connectivity index (χ4n) is 4.46. The molecule has 0 aliphatic carbocycles. The van der Waals surface area contributed by atoms with Crippen molar-refractivity contribution in [1.29, 1.82) is 0 Å². The van der Waals surface area contributed by atoms with Crippen LogP contribution in [-0.4, -0.2) is 93.5 Å². The molecule has 298 valence electrons. The molecule has 0 aliphatic heterocycles. The Kier molecular flexibility index (Phi) is 29.9. The smallest absolute Gasteiger partial charge is 0.218 e. The third kappa shape index (κ3) is 33.5. The van der Waals surface area contributed by atoms with Crippen LogP contribution in [0.2, 0.25) is 0 Å². The van der Waals surface area contributed by atoms with Crippen molar-refractivity contribution >= 4 is 47.7 Å². The van der Waals surface area contributed by atoms with E-state index in [4.69, 9.17) is 51.6 Å². The summed E-state index contributed by atoms with van der Waals surface area (Å²) in [4.78, 5) is 33.5. The molecule has 0 bridgehead atoms. The lowest BCUT2D eigenvalue weighted by Crippen LogP contribution is -2.41. The van der Waals surface area contributed by atoms with Crippen LogP contribution in [0, 0.1) is 0 Å². The van der Waals surface area contributed by atoms with Gasteiger partial charge in [0, 0.05) is 45.8 Å². The molecule has 0 fully saturated rings. The van der Waals surface area contributed by atoms with Gasteiger partial charge in [-0.25, -0.2) is 0 Å². The summed E-state index contributed by atoms with van der Waals surface area (Å²) < 4.78 is 0. The highest BCUT2D eigenvalue weighted by Gasteiger charge is 1.99. The van der Waals surface area contributed by atoms with E-state index in [2.05, 4.69) is 62.8 Å². The summed E-state index contributed by atoms with van der Waals surface area (Å²) in [6.07, 6.45) is 15.9. The molecular formula is C32H70N20. The van der Waals surface area contributed by atoms with E-state index < -0.39 is 0 Å². The van der Waals surface area contributed by atoms with E-state index in [-0.39, 0.29) is 35.8 Å². The summed E-state index contributed by atoms with van der Waals surface area (Å²) in [6, 6.07) is 0. The molecule has 20 nitrogen and oxygen atoms in total. The molecule has 0 aromatic carbocycles. The van der Waals surface area contributed by atoms with Gasteiger partial charge >= 0.3 is 0 Å². The molecular weight excluding hydrogens is 664 g/mol. The van der Waals surface area contributed by atoms with Crippen molar-refractivity contribution < 1.29 is 0 Å². The van der Waals surface area contributed by atoms with Gasteiger partial charge in [-0.2, -0.15) is 4.99 Å². The molecule has 0 radical (unpaired) electrons. The molecule has 0 aromatic rings. The molecule has 0 saturated heterocycles. The Bertz CT molecular complexity index is 1170. The van der Waals surface area contributed by atoms with E-state index in [1.807, 2.05) is 0 Å². The van der Waals surface area contributed by atoms with Crippen LogP contribution in [0.1, 0.15) is 110 Å². The molecule has 0 heterocycles. The van der Waals surface area contributed by atoms with Crippen LogP contribution < -0.4 is 67.6 Å². The van der Waals surface area contributed by atoms with Gasteiger partial charge in [-0.3, -0.25) is 50.9 Å². The first kappa shape index (κ1) is 47.0. The lowest BCUT2D eigenvalue weighted by molar-refractivity contribution is 0.651. The van der Waals surface area contributed by atoms with Crippen molar-refractivity contribution in [2.24, 2.45) is 91.5 Å². The predicted molar refractivity (Wildman–Crippen MR) is 220 cm³/mol. The van der Waals surface area contributed by atoms with Crippen LogP contribution >= 0.6 is 0 Å². The van der Waals surface area contributed by atoms with Gasteiger partial charge in [-0.05, 0) is 44.9 Å². The number of nitrogens with two attached hydrogens (primary N) is 9. The van der Waals surface area contributed by atoms with Gasteiger partial charge in [0.2, 0.25) is 5.96 Å². The average Bonchev–Trinajstić information content (AvgIpc) is 3.07. The van der Waals surface area contributed by atoms with Crippen LogP contribution in [-0.2, 0) is 0 Å². The van der Waals surface area contributed by atoms with E-state index in [9.17, 15) is 0 Å². The maximum atomic E-state index is 5.93. The van der Waals surface area contributed by atoms with Crippen molar-refractivity contribution in [1.82, 2.24) is 16.0 Å². The Balaban J connectivity index is 3.90. The largest absolute Gasteiger partial charge is 0.370 e. The molecule has 0 amide bonds. The molecule has 0 rings (SSSR count). The van der Waals surface area contributed by atoms with Crippen LogP contribution in [0.3, 0.4) is 0 Å². The zero-order valence-electron chi connectivity index (χ0n) is 31.5. The Morgan fingerprint density at radius 1 is 0.327 bits per heavy atom. The highest BCUT2D eigenvalue weighted by molar-refractivity contribution is 5.98. The van der Waals surface area contributed by atoms with Gasteiger partial charge in [-0.1, -0.05) is 64.7 Å². The van der Waals surface area contributed by atoms with Crippen LogP contribution in [0.4, 0.5) is 0 Å². The molecule has 0 saturated carbocycles. The van der Waals surface area contributed by atoms with E-state index in [1.165, 1.54) is 12.8 Å². The van der Waals surface area contributed by atoms with Crippen molar-refractivity contribution in [2.45, 2.75) is 110 Å². The fourth-order valence-corrected chi connectivity index (χ4v) is 4.46. The normalized spacial score (nSPS) is 13.7. The maximum Gasteiger partial charge on any atom is 0.218 e. The highest BCUT2D eigenvalue weighted by Crippen LogP contribution is 2.02. The van der Waals surface area contributed by atoms with Gasteiger partial charge in [0.15, 0.2) is 41.7 Å². The second-order valence-corrected chi connectivity index (χ2v) is 12.1. The minimum absolute atomic E-state index is 0.0889. The minimum Gasteiger partial charge on any atom is -0.370 e. The maximum absolute atomic E-state index is 5.93. The Morgan fingerprint density at radius 3 is 0.788 bits per heavy atom. The molecule has 21 N–H and O–H groups in total. The zero-order valence-corrected chi connectivity index (χ0v) is 31.5. The first-order valence-electron chi connectivity index (χ1n) is 18.5. The zero-order chi connectivity index (χ0) is 38.7. The number of aliphatic imine (C=N–C) groups is 8. The molecule has 20 heteroatoms. The second kappa shape index (κ2) is 33.1. The molecule has 52 heavy (non-hydrogen) atoms. The number of guanidine groups is 8. The fraction of sp³-hybridized carbons (Fsp3) is 0.750. The molecule has 0 spiro atoms. The van der Waals surface area contributed by atoms with E-state index >= 15 is 0 Å². The second-order valence-electron chi connectivity index (χ2n) is 12.1. The summed E-state index contributed by atoms with van der Waals surface area (Å²) in [5.74, 6) is 1.60. The lowest BCUT2D eigenvalue weighted by Gasteiger charge is -2.06. The quantitative estimate of drug-likeness (QED) is 0.0304. The van der Waals surface area contributed by atoms with E-state index in [0.717, 1.165) is 89.9 Å². The van der Waals surface area contributed by atoms with Gasteiger partial charge in [-0.15, -0.1) is 0 Å². The summed E-state index contributed by atoms with van der Waals surface area (Å²) in [5.41, 5.74) is 51.4. The number of hydrogen-bond acceptors (Lipinski definition) is 7. The third-order valence-electron chi connectivity index (χ3n) is 7.19. The standard InChI is InChI=1S/C32H70N20/c1-2-3-4-11-18-43-27(36)50-28(37)44-21-14-7-8-15-22-47-31(40)52-32(41)48-24-17-10-9-16-23-46-30(39)51-29(38)45-20-13-6-5-12-19-42-26(35)49-25(33)34/h2-24H2,1H3,(H6,33,34,35,42,49)(H5,36,37,43,44,50)(H5,38,39,45,46,51)(H5,40,41,47,48,52). The third-order valence-corrected chi connectivity index (χ3v) is 7.19. The summed E-state index contributed by atoms with van der Waals surface area (Å²) in [5, 5.41) is 8.48. The van der Waals surface area contributed by atoms with Gasteiger partial charge in [0.05, 0.1) is 0 Å². The van der Waals surface area contributed by atoms with Crippen molar-refractivity contribution in [3.05, 3.63) is 0 Å². The minimum atomic E-state index is -0.103. The topological polar surface area (TPSA) is 369 Å². The Morgan fingerprint density at radius 2 is 0.558 bits per heavy atom. The van der Waals surface area contributed by atoms with Crippen LogP contribution in [0.25, 0.3) is 0 Å². The van der Waals surface area contributed by atoms with Crippen molar-refractivity contribution in [3.63, 3.8) is 0 Å². The van der Waals surface area contributed by atoms with Crippen LogP contribution in [0.15, 0.2) is 39.9 Å². The number of nitrogens with zero attached hydrogens (tertiary/aromatic N) is 8. The summed E-state index contributed by atoms with van der Waals surface area (Å²) in [6.45, 7) is 6.44. The summed E-state index contributed by atoms with van der Waals surface area (Å²) >= 11 is 0. The lowest BCUT2D eigenvalue weighted by atomic mass is 10.2. The van der Waals surface area contributed by atoms with Gasteiger partial charge < -0.3 is 51.6 Å². The van der Waals surface area contributed by atoms with Gasteiger partial charge in [0.1, 0.15) is 0 Å². The predicted octanol–water partition coefficient (Wildman–Crippen LogP) is -0.507. The Hall–Kier alpha value is -5.04. The van der Waals surface area contributed by atoms with Crippen molar-refractivity contribution in [2.75, 3.05) is 45.8 Å². The molecule has 0 aliphatic rings. The monoisotopic (exact) mass is 735 g/mol. The Labute approximate surface area is 310 Å². The number of nitrogens with one attached hydrogen (secondary N) is 3. The first-order chi connectivity index (χ1) is 25.0. The van der Waals surface area contributed by atoms with Crippen molar-refractivity contribution in [3.8, 4) is 0 Å². The molecule has 0 aromatic heterocycles. The average molecular weight is 735 g/mol. The highest BCUT2D eigenvalue weighted by atomic mass is 15.2. The van der Waals surface area contributed by atoms with Crippen LogP contribution in [0.5, 0.6) is 0 Å². The first-order valence-corrected chi connectivity index (χ1v) is 18.5. The number of hydrogen-bond donors (Lipinski definition) is 12. The number of rotatable bonds is 26.